The van der Waals surface area contributed by atoms with E-state index in [-0.39, 0.29) is 11.9 Å². The van der Waals surface area contributed by atoms with Crippen molar-refractivity contribution >= 4 is 27.5 Å². The van der Waals surface area contributed by atoms with Crippen molar-refractivity contribution in [2.24, 2.45) is 7.05 Å². The van der Waals surface area contributed by atoms with Gasteiger partial charge < -0.3 is 9.88 Å². The molecule has 0 unspecified atom stereocenters. The van der Waals surface area contributed by atoms with Gasteiger partial charge in [0, 0.05) is 13.1 Å². The Kier molecular flexibility index (Phi) is 3.01. The summed E-state index contributed by atoms with van der Waals surface area (Å²) in [5, 5.41) is 5.02. The maximum atomic E-state index is 12.0. The molecule has 16 heavy (non-hydrogen) atoms. The largest absolute Gasteiger partial charge is 0.348 e. The van der Waals surface area contributed by atoms with E-state index in [0.717, 1.165) is 22.3 Å². The number of thiophene rings is 1. The summed E-state index contributed by atoms with van der Waals surface area (Å²) in [6.45, 7) is 4.08. The van der Waals surface area contributed by atoms with Gasteiger partial charge in [-0.1, -0.05) is 6.92 Å². The second-order valence-electron chi connectivity index (χ2n) is 4.04. The molecule has 3 nitrogen and oxygen atoms in total. The predicted molar refractivity (Wildman–Crippen MR) is 68.0 cm³/mol. The number of nitrogens with zero attached hydrogens (tertiary/aromatic N) is 1. The van der Waals surface area contributed by atoms with E-state index in [2.05, 4.69) is 12.2 Å². The number of aryl methyl sites for hydroxylation is 1. The first kappa shape index (κ1) is 11.2. The third-order valence-electron chi connectivity index (χ3n) is 2.89. The van der Waals surface area contributed by atoms with Gasteiger partial charge in [-0.05, 0) is 30.9 Å². The molecule has 2 heterocycles. The van der Waals surface area contributed by atoms with Crippen LogP contribution in [0.2, 0.25) is 0 Å². The summed E-state index contributed by atoms with van der Waals surface area (Å²) in [6, 6.07) is 4.22. The molecule has 0 saturated heterocycles. The first-order valence-corrected chi connectivity index (χ1v) is 6.35. The van der Waals surface area contributed by atoms with Crippen LogP contribution in [0.25, 0.3) is 10.2 Å². The normalized spacial score (nSPS) is 12.9. The van der Waals surface area contributed by atoms with E-state index < -0.39 is 0 Å². The Morgan fingerprint density at radius 1 is 1.62 bits per heavy atom. The van der Waals surface area contributed by atoms with Crippen molar-refractivity contribution in [3.05, 3.63) is 23.2 Å². The Morgan fingerprint density at radius 3 is 3.00 bits per heavy atom. The summed E-state index contributed by atoms with van der Waals surface area (Å²) in [6.07, 6.45) is 0.949. The standard InChI is InChI=1S/C12H16N2OS/c1-4-8(2)13-12(15)10-7-11-9(14(10)3)5-6-16-11/h5-8H,4H2,1-3H3,(H,13,15)/t8-/m0/s1. The van der Waals surface area contributed by atoms with Crippen LogP contribution in [-0.4, -0.2) is 16.5 Å². The highest BCUT2D eigenvalue weighted by Crippen LogP contribution is 2.24. The van der Waals surface area contributed by atoms with E-state index in [4.69, 9.17) is 0 Å². The molecule has 2 rings (SSSR count). The van der Waals surface area contributed by atoms with E-state index in [0.29, 0.717) is 0 Å². The molecule has 2 aromatic heterocycles. The summed E-state index contributed by atoms with van der Waals surface area (Å²) in [5.41, 5.74) is 1.86. The molecule has 4 heteroatoms. The number of aromatic nitrogens is 1. The molecule has 2 aromatic rings. The molecule has 1 atom stereocenters. The Morgan fingerprint density at radius 2 is 2.38 bits per heavy atom. The highest BCUT2D eigenvalue weighted by molar-refractivity contribution is 7.17. The number of fused-ring (bicyclic) bond motifs is 1. The fourth-order valence-corrected chi connectivity index (χ4v) is 2.52. The molecule has 0 radical (unpaired) electrons. The Labute approximate surface area is 99.1 Å². The summed E-state index contributed by atoms with van der Waals surface area (Å²) < 4.78 is 3.11. The van der Waals surface area contributed by atoms with E-state index >= 15 is 0 Å². The topological polar surface area (TPSA) is 34.0 Å². The predicted octanol–water partition coefficient (Wildman–Crippen LogP) is 2.77. The molecule has 0 saturated carbocycles. The zero-order valence-electron chi connectivity index (χ0n) is 9.78. The van der Waals surface area contributed by atoms with Gasteiger partial charge in [-0.25, -0.2) is 0 Å². The maximum Gasteiger partial charge on any atom is 0.268 e. The monoisotopic (exact) mass is 236 g/mol. The quantitative estimate of drug-likeness (QED) is 0.873. The Bertz CT molecular complexity index is 512. The Balaban J connectivity index is 2.29. The van der Waals surface area contributed by atoms with Crippen molar-refractivity contribution in [2.75, 3.05) is 0 Å². The van der Waals surface area contributed by atoms with Crippen molar-refractivity contribution in [1.82, 2.24) is 9.88 Å². The fraction of sp³-hybridized carbons (Fsp3) is 0.417. The average Bonchev–Trinajstić information content (AvgIpc) is 2.81. The lowest BCUT2D eigenvalue weighted by Gasteiger charge is -2.11. The molecular formula is C12H16N2OS. The van der Waals surface area contributed by atoms with Crippen LogP contribution < -0.4 is 5.32 Å². The molecule has 1 amide bonds. The van der Waals surface area contributed by atoms with Crippen molar-refractivity contribution < 1.29 is 4.79 Å². The summed E-state index contributed by atoms with van der Waals surface area (Å²) in [4.78, 5) is 12.0. The number of amides is 1. The van der Waals surface area contributed by atoms with Gasteiger partial charge in [0.25, 0.3) is 5.91 Å². The minimum Gasteiger partial charge on any atom is -0.348 e. The Hall–Kier alpha value is -1.29. The van der Waals surface area contributed by atoms with Gasteiger partial charge in [0.05, 0.1) is 10.2 Å². The fourth-order valence-electron chi connectivity index (χ4n) is 1.67. The number of carbonyl (C=O) groups excluding carboxylic acids is 1. The van der Waals surface area contributed by atoms with E-state index in [1.54, 1.807) is 11.3 Å². The third-order valence-corrected chi connectivity index (χ3v) is 3.74. The van der Waals surface area contributed by atoms with E-state index in [1.165, 1.54) is 0 Å². The van der Waals surface area contributed by atoms with Crippen LogP contribution in [0.4, 0.5) is 0 Å². The van der Waals surface area contributed by atoms with Gasteiger partial charge in [-0.2, -0.15) is 0 Å². The molecule has 0 aliphatic rings. The second-order valence-corrected chi connectivity index (χ2v) is 4.99. The lowest BCUT2D eigenvalue weighted by Crippen LogP contribution is -2.33. The van der Waals surface area contributed by atoms with Crippen LogP contribution in [0, 0.1) is 0 Å². The number of nitrogens with one attached hydrogen (secondary N) is 1. The van der Waals surface area contributed by atoms with Gasteiger partial charge in [-0.3, -0.25) is 4.79 Å². The third kappa shape index (κ3) is 1.85. The van der Waals surface area contributed by atoms with Crippen molar-refractivity contribution in [1.29, 1.82) is 0 Å². The number of rotatable bonds is 3. The minimum absolute atomic E-state index is 0.0141. The number of hydrogen-bond acceptors (Lipinski definition) is 2. The lowest BCUT2D eigenvalue weighted by molar-refractivity contribution is 0.0931. The van der Waals surface area contributed by atoms with Crippen LogP contribution >= 0.6 is 11.3 Å². The molecule has 0 spiro atoms. The van der Waals surface area contributed by atoms with Crippen LogP contribution in [0.15, 0.2) is 17.5 Å². The highest BCUT2D eigenvalue weighted by atomic mass is 32.1. The zero-order valence-corrected chi connectivity index (χ0v) is 10.6. The van der Waals surface area contributed by atoms with Crippen molar-refractivity contribution in [2.45, 2.75) is 26.3 Å². The smallest absolute Gasteiger partial charge is 0.268 e. The van der Waals surface area contributed by atoms with Gasteiger partial charge in [0.15, 0.2) is 0 Å². The first-order valence-electron chi connectivity index (χ1n) is 5.47. The molecule has 0 aromatic carbocycles. The number of hydrogen-bond donors (Lipinski definition) is 1. The summed E-state index contributed by atoms with van der Waals surface area (Å²) in [5.74, 6) is 0.0141. The number of carbonyl (C=O) groups is 1. The minimum atomic E-state index is 0.0141. The highest BCUT2D eigenvalue weighted by Gasteiger charge is 2.14. The summed E-state index contributed by atoms with van der Waals surface area (Å²) in [7, 11) is 1.93. The molecule has 0 aliphatic carbocycles. The second kappa shape index (κ2) is 4.29. The van der Waals surface area contributed by atoms with Crippen LogP contribution in [0.3, 0.4) is 0 Å². The van der Waals surface area contributed by atoms with Crippen molar-refractivity contribution in [3.63, 3.8) is 0 Å². The van der Waals surface area contributed by atoms with E-state index in [9.17, 15) is 4.79 Å². The van der Waals surface area contributed by atoms with Crippen LogP contribution in [0.1, 0.15) is 30.8 Å². The van der Waals surface area contributed by atoms with Gasteiger partial charge in [0.1, 0.15) is 5.69 Å². The lowest BCUT2D eigenvalue weighted by atomic mass is 10.2. The molecule has 1 N–H and O–H groups in total. The molecular weight excluding hydrogens is 220 g/mol. The maximum absolute atomic E-state index is 12.0. The van der Waals surface area contributed by atoms with Crippen LogP contribution in [0.5, 0.6) is 0 Å². The summed E-state index contributed by atoms with van der Waals surface area (Å²) >= 11 is 1.66. The average molecular weight is 236 g/mol. The molecule has 0 fully saturated rings. The first-order chi connectivity index (χ1) is 7.63. The van der Waals surface area contributed by atoms with Crippen LogP contribution in [-0.2, 0) is 7.05 Å². The zero-order chi connectivity index (χ0) is 11.7. The van der Waals surface area contributed by atoms with Gasteiger partial charge in [-0.15, -0.1) is 11.3 Å². The molecule has 0 bridgehead atoms. The molecule has 0 aliphatic heterocycles. The van der Waals surface area contributed by atoms with Gasteiger partial charge in [0.2, 0.25) is 0 Å². The van der Waals surface area contributed by atoms with Gasteiger partial charge >= 0.3 is 0 Å². The van der Waals surface area contributed by atoms with Crippen molar-refractivity contribution in [3.8, 4) is 0 Å². The SMILES string of the molecule is CC[C@H](C)NC(=O)c1cc2sccc2n1C. The van der Waals surface area contributed by atoms with E-state index in [1.807, 2.05) is 36.1 Å². The molecule has 86 valence electrons.